The molecule has 158 valence electrons. The Hall–Kier alpha value is -2.15. The lowest BCUT2D eigenvalue weighted by Crippen LogP contribution is -2.18. The fourth-order valence-corrected chi connectivity index (χ4v) is 5.26. The molecule has 2 aromatic heterocycles. The number of nitrogens with zero attached hydrogens (tertiary/aromatic N) is 4. The highest BCUT2D eigenvalue weighted by Crippen LogP contribution is 2.29. The molecular formula is C17H15ClFN5O3S3. The van der Waals surface area contributed by atoms with E-state index in [-0.39, 0.29) is 27.4 Å². The molecule has 13 heteroatoms. The van der Waals surface area contributed by atoms with Crippen molar-refractivity contribution in [1.82, 2.24) is 20.2 Å². The van der Waals surface area contributed by atoms with Crippen molar-refractivity contribution >= 4 is 55.6 Å². The van der Waals surface area contributed by atoms with Crippen LogP contribution < -0.4 is 5.32 Å². The summed E-state index contributed by atoms with van der Waals surface area (Å²) in [7, 11) is -3.70. The van der Waals surface area contributed by atoms with E-state index in [4.69, 9.17) is 11.6 Å². The average Bonchev–Trinajstić information content (AvgIpc) is 3.15. The maximum Gasteiger partial charge on any atom is 0.277 e. The van der Waals surface area contributed by atoms with Gasteiger partial charge in [0, 0.05) is 5.75 Å². The van der Waals surface area contributed by atoms with Crippen molar-refractivity contribution in [3.05, 3.63) is 52.6 Å². The maximum atomic E-state index is 13.0. The van der Waals surface area contributed by atoms with Crippen LogP contribution in [0.15, 0.2) is 40.0 Å². The van der Waals surface area contributed by atoms with E-state index < -0.39 is 20.9 Å². The van der Waals surface area contributed by atoms with E-state index in [0.29, 0.717) is 16.5 Å². The van der Waals surface area contributed by atoms with E-state index in [0.717, 1.165) is 23.1 Å². The molecule has 3 aromatic rings. The molecule has 0 fully saturated rings. The lowest BCUT2D eigenvalue weighted by molar-refractivity contribution is 0.102. The van der Waals surface area contributed by atoms with Gasteiger partial charge >= 0.3 is 0 Å². The minimum atomic E-state index is -3.70. The van der Waals surface area contributed by atoms with Gasteiger partial charge in [0.1, 0.15) is 5.82 Å². The Balaban J connectivity index is 1.68. The van der Waals surface area contributed by atoms with Gasteiger partial charge < -0.3 is 0 Å². The molecule has 2 heterocycles. The van der Waals surface area contributed by atoms with Crippen LogP contribution in [0.1, 0.15) is 29.4 Å². The van der Waals surface area contributed by atoms with Crippen LogP contribution in [0, 0.1) is 5.82 Å². The predicted molar refractivity (Wildman–Crippen MR) is 113 cm³/mol. The molecule has 0 aliphatic carbocycles. The molecule has 0 radical (unpaired) electrons. The van der Waals surface area contributed by atoms with Gasteiger partial charge in [-0.15, -0.1) is 10.2 Å². The normalized spacial score (nSPS) is 11.4. The van der Waals surface area contributed by atoms with Crippen molar-refractivity contribution in [1.29, 1.82) is 0 Å². The van der Waals surface area contributed by atoms with Gasteiger partial charge in [0.15, 0.2) is 10.0 Å². The topological polar surface area (TPSA) is 115 Å². The van der Waals surface area contributed by atoms with Crippen LogP contribution >= 0.6 is 34.7 Å². The standard InChI is InChI=1S/C17H15ClFN5O3S3/c1-2-7-30(26,27)16-20-8-12(18)13(21-16)14(25)22-15-23-24-17(29-15)28-9-10-3-5-11(19)6-4-10/h3-6,8H,2,7,9H2,1H3,(H,22,23,25). The van der Waals surface area contributed by atoms with Crippen LogP contribution in [0.2, 0.25) is 5.02 Å². The van der Waals surface area contributed by atoms with E-state index >= 15 is 0 Å². The number of aromatic nitrogens is 4. The van der Waals surface area contributed by atoms with Gasteiger partial charge in [0.05, 0.1) is 17.0 Å². The first-order valence-electron chi connectivity index (χ1n) is 8.56. The summed E-state index contributed by atoms with van der Waals surface area (Å²) in [5, 5.41) is 10.0. The molecule has 1 aromatic carbocycles. The molecule has 0 aliphatic rings. The van der Waals surface area contributed by atoms with Gasteiger partial charge in [-0.1, -0.05) is 53.8 Å². The van der Waals surface area contributed by atoms with Crippen LogP contribution in [0.3, 0.4) is 0 Å². The summed E-state index contributed by atoms with van der Waals surface area (Å²) in [6.45, 7) is 1.71. The van der Waals surface area contributed by atoms with Crippen molar-refractivity contribution < 1.29 is 17.6 Å². The molecule has 30 heavy (non-hydrogen) atoms. The van der Waals surface area contributed by atoms with Crippen molar-refractivity contribution in [2.45, 2.75) is 28.6 Å². The summed E-state index contributed by atoms with van der Waals surface area (Å²) in [6, 6.07) is 6.10. The van der Waals surface area contributed by atoms with E-state index in [1.54, 1.807) is 19.1 Å². The number of halogens is 2. The van der Waals surface area contributed by atoms with Gasteiger partial charge in [-0.2, -0.15) is 0 Å². The summed E-state index contributed by atoms with van der Waals surface area (Å²) < 4.78 is 37.8. The summed E-state index contributed by atoms with van der Waals surface area (Å²) in [5.41, 5.74) is 0.646. The largest absolute Gasteiger partial charge is 0.295 e. The van der Waals surface area contributed by atoms with Crippen molar-refractivity contribution in [2.75, 3.05) is 11.1 Å². The summed E-state index contributed by atoms with van der Waals surface area (Å²) in [4.78, 5) is 20.1. The number of carbonyl (C=O) groups is 1. The second-order valence-electron chi connectivity index (χ2n) is 5.91. The molecule has 0 saturated carbocycles. The third-order valence-electron chi connectivity index (χ3n) is 3.59. The van der Waals surface area contributed by atoms with Crippen molar-refractivity contribution in [2.24, 2.45) is 0 Å². The monoisotopic (exact) mass is 487 g/mol. The number of anilines is 1. The van der Waals surface area contributed by atoms with Crippen LogP contribution in [-0.4, -0.2) is 40.2 Å². The zero-order chi connectivity index (χ0) is 21.7. The number of rotatable bonds is 8. The van der Waals surface area contributed by atoms with Gasteiger partial charge in [-0.05, 0) is 24.1 Å². The quantitative estimate of drug-likeness (QED) is 0.289. The maximum absolute atomic E-state index is 13.0. The molecule has 0 unspecified atom stereocenters. The first kappa shape index (κ1) is 22.5. The summed E-state index contributed by atoms with van der Waals surface area (Å²) >= 11 is 8.48. The molecule has 1 amide bonds. The number of hydrogen-bond acceptors (Lipinski definition) is 9. The molecule has 1 N–H and O–H groups in total. The molecule has 3 rings (SSSR count). The number of sulfone groups is 1. The Morgan fingerprint density at radius 1 is 1.27 bits per heavy atom. The number of thioether (sulfide) groups is 1. The van der Waals surface area contributed by atoms with E-state index in [1.165, 1.54) is 23.9 Å². The van der Waals surface area contributed by atoms with Crippen molar-refractivity contribution in [3.63, 3.8) is 0 Å². The second-order valence-corrected chi connectivity index (χ2v) is 10.5. The van der Waals surface area contributed by atoms with Crippen LogP contribution in [-0.2, 0) is 15.6 Å². The van der Waals surface area contributed by atoms with Gasteiger partial charge in [0.2, 0.25) is 20.1 Å². The fraction of sp³-hybridized carbons (Fsp3) is 0.235. The first-order valence-corrected chi connectivity index (χ1v) is 12.4. The molecule has 8 nitrogen and oxygen atoms in total. The third-order valence-corrected chi connectivity index (χ3v) is 7.61. The summed E-state index contributed by atoms with van der Waals surface area (Å²) in [6.07, 6.45) is 1.47. The minimum Gasteiger partial charge on any atom is -0.295 e. The number of hydrogen-bond donors (Lipinski definition) is 1. The highest BCUT2D eigenvalue weighted by Gasteiger charge is 2.22. The Labute approximate surface area is 185 Å². The second kappa shape index (κ2) is 9.77. The van der Waals surface area contributed by atoms with Gasteiger partial charge in [0.25, 0.3) is 5.91 Å². The highest BCUT2D eigenvalue weighted by molar-refractivity contribution is 8.00. The van der Waals surface area contributed by atoms with Crippen LogP contribution in [0.25, 0.3) is 0 Å². The van der Waals surface area contributed by atoms with Crippen LogP contribution in [0.4, 0.5) is 9.52 Å². The number of benzene rings is 1. The average molecular weight is 488 g/mol. The van der Waals surface area contributed by atoms with E-state index in [1.807, 2.05) is 0 Å². The summed E-state index contributed by atoms with van der Waals surface area (Å²) in [5.74, 6) is -0.611. The molecular weight excluding hydrogens is 473 g/mol. The number of amides is 1. The highest BCUT2D eigenvalue weighted by atomic mass is 35.5. The lowest BCUT2D eigenvalue weighted by atomic mass is 10.2. The zero-order valence-electron chi connectivity index (χ0n) is 15.5. The molecule has 0 spiro atoms. The van der Waals surface area contributed by atoms with Crippen LogP contribution in [0.5, 0.6) is 0 Å². The van der Waals surface area contributed by atoms with E-state index in [2.05, 4.69) is 25.5 Å². The molecule has 0 aliphatic heterocycles. The fourth-order valence-electron chi connectivity index (χ4n) is 2.22. The van der Waals surface area contributed by atoms with Gasteiger partial charge in [-0.25, -0.2) is 22.8 Å². The Bertz CT molecular complexity index is 1160. The molecule has 0 saturated heterocycles. The van der Waals surface area contributed by atoms with Gasteiger partial charge in [-0.3, -0.25) is 10.1 Å². The Morgan fingerprint density at radius 3 is 2.70 bits per heavy atom. The third kappa shape index (κ3) is 5.72. The number of nitrogens with one attached hydrogen (secondary N) is 1. The Kier molecular flexibility index (Phi) is 7.34. The SMILES string of the molecule is CCCS(=O)(=O)c1ncc(Cl)c(C(=O)Nc2nnc(SCc3ccc(F)cc3)s2)n1. The molecule has 0 bridgehead atoms. The van der Waals surface area contributed by atoms with E-state index in [9.17, 15) is 17.6 Å². The smallest absolute Gasteiger partial charge is 0.277 e. The predicted octanol–water partition coefficient (Wildman–Crippen LogP) is 3.85. The zero-order valence-corrected chi connectivity index (χ0v) is 18.7. The first-order chi connectivity index (χ1) is 14.3. The Morgan fingerprint density at radius 2 is 2.00 bits per heavy atom. The van der Waals surface area contributed by atoms with Crippen molar-refractivity contribution in [3.8, 4) is 0 Å². The minimum absolute atomic E-state index is 0.0848. The number of carbonyl (C=O) groups excluding carboxylic acids is 1. The lowest BCUT2D eigenvalue weighted by Gasteiger charge is -2.06. The molecule has 0 atom stereocenters.